The molecule has 0 aromatic heterocycles. The number of ether oxygens (including phenoxy) is 1. The number of piperazine rings is 1. The number of benzene rings is 1. The molecular weight excluding hydrogens is 386 g/mol. The average molecular weight is 428 g/mol. The number of nitrogens with zero attached hydrogens (tertiary/aromatic N) is 3. The molecule has 5 nitrogen and oxygen atoms in total. The Morgan fingerprint density at radius 1 is 0.968 bits per heavy atom. The molecule has 0 aliphatic carbocycles. The number of piperidine rings is 1. The molecule has 172 valence electrons. The maximum Gasteiger partial charge on any atom is 0.312 e. The van der Waals surface area contributed by atoms with Crippen LogP contribution in [0.15, 0.2) is 24.3 Å². The fourth-order valence-electron chi connectivity index (χ4n) is 5.36. The Balaban J connectivity index is 1.19. The molecule has 3 saturated heterocycles. The van der Waals surface area contributed by atoms with Crippen molar-refractivity contribution in [1.29, 1.82) is 0 Å². The number of likely N-dealkylation sites (tertiary alicyclic amines) is 1. The molecule has 1 aromatic rings. The van der Waals surface area contributed by atoms with Crippen LogP contribution < -0.4 is 4.90 Å². The van der Waals surface area contributed by atoms with Crippen molar-refractivity contribution < 1.29 is 9.53 Å². The van der Waals surface area contributed by atoms with Gasteiger partial charge in [-0.3, -0.25) is 9.69 Å². The first kappa shape index (κ1) is 22.6. The minimum absolute atomic E-state index is 0.0881. The quantitative estimate of drug-likeness (QED) is 0.616. The lowest BCUT2D eigenvalue weighted by molar-refractivity contribution is -0.151. The molecule has 3 fully saturated rings. The Morgan fingerprint density at radius 2 is 1.61 bits per heavy atom. The Kier molecular flexibility index (Phi) is 7.22. The third-order valence-corrected chi connectivity index (χ3v) is 7.70. The summed E-state index contributed by atoms with van der Waals surface area (Å²) >= 11 is 0. The Hall–Kier alpha value is -1.59. The molecule has 1 atom stereocenters. The normalized spacial score (nSPS) is 24.8. The summed E-state index contributed by atoms with van der Waals surface area (Å²) in [7, 11) is 0. The van der Waals surface area contributed by atoms with Gasteiger partial charge in [-0.25, -0.2) is 0 Å². The second kappa shape index (κ2) is 9.91. The molecule has 1 spiro atoms. The lowest BCUT2D eigenvalue weighted by atomic mass is 9.75. The second-order valence-corrected chi connectivity index (χ2v) is 10.5. The van der Waals surface area contributed by atoms with Gasteiger partial charge in [0.1, 0.15) is 6.10 Å². The molecule has 5 heteroatoms. The van der Waals surface area contributed by atoms with E-state index in [9.17, 15) is 4.79 Å². The molecule has 0 bridgehead atoms. The molecule has 3 heterocycles. The first-order valence-electron chi connectivity index (χ1n) is 12.4. The minimum Gasteiger partial charge on any atom is -0.462 e. The van der Waals surface area contributed by atoms with Crippen molar-refractivity contribution in [1.82, 2.24) is 9.80 Å². The number of aryl methyl sites for hydroxylation is 1. The van der Waals surface area contributed by atoms with Crippen LogP contribution >= 0.6 is 0 Å². The number of esters is 1. The van der Waals surface area contributed by atoms with Crippen LogP contribution in [-0.2, 0) is 9.53 Å². The average Bonchev–Trinajstić information content (AvgIpc) is 3.07. The number of rotatable bonds is 7. The summed E-state index contributed by atoms with van der Waals surface area (Å²) in [5, 5.41) is 0. The monoisotopic (exact) mass is 427 g/mol. The third kappa shape index (κ3) is 5.61. The summed E-state index contributed by atoms with van der Waals surface area (Å²) in [6.07, 6.45) is 5.25. The molecule has 0 N–H and O–H groups in total. The van der Waals surface area contributed by atoms with Gasteiger partial charge in [-0.15, -0.1) is 0 Å². The number of carbonyl (C=O) groups is 1. The van der Waals surface area contributed by atoms with Crippen LogP contribution in [0, 0.1) is 18.3 Å². The lowest BCUT2D eigenvalue weighted by Gasteiger charge is -2.37. The van der Waals surface area contributed by atoms with E-state index in [1.807, 2.05) is 0 Å². The second-order valence-electron chi connectivity index (χ2n) is 10.5. The maximum atomic E-state index is 12.7. The zero-order chi connectivity index (χ0) is 21.8. The predicted molar refractivity (Wildman–Crippen MR) is 127 cm³/mol. The Bertz CT molecular complexity index is 717. The van der Waals surface area contributed by atoms with Gasteiger partial charge >= 0.3 is 5.97 Å². The first-order chi connectivity index (χ1) is 14.9. The van der Waals surface area contributed by atoms with Gasteiger partial charge in [0.2, 0.25) is 0 Å². The topological polar surface area (TPSA) is 36.0 Å². The van der Waals surface area contributed by atoms with Gasteiger partial charge in [-0.2, -0.15) is 0 Å². The fourth-order valence-corrected chi connectivity index (χ4v) is 5.36. The summed E-state index contributed by atoms with van der Waals surface area (Å²) in [6, 6.07) is 8.86. The molecule has 0 saturated carbocycles. The third-order valence-electron chi connectivity index (χ3n) is 7.70. The van der Waals surface area contributed by atoms with Crippen molar-refractivity contribution >= 4 is 11.7 Å². The van der Waals surface area contributed by atoms with E-state index in [4.69, 9.17) is 4.74 Å². The molecule has 31 heavy (non-hydrogen) atoms. The van der Waals surface area contributed by atoms with Crippen LogP contribution in [-0.4, -0.2) is 74.2 Å². The van der Waals surface area contributed by atoms with Crippen molar-refractivity contribution in [2.75, 3.05) is 57.3 Å². The van der Waals surface area contributed by atoms with E-state index in [0.717, 1.165) is 77.4 Å². The maximum absolute atomic E-state index is 12.7. The van der Waals surface area contributed by atoms with Gasteiger partial charge in [0.05, 0.1) is 5.41 Å². The van der Waals surface area contributed by atoms with E-state index in [1.165, 1.54) is 24.2 Å². The van der Waals surface area contributed by atoms with E-state index in [0.29, 0.717) is 0 Å². The molecule has 0 amide bonds. The van der Waals surface area contributed by atoms with Crippen molar-refractivity contribution in [2.45, 2.75) is 59.0 Å². The van der Waals surface area contributed by atoms with Crippen LogP contribution in [0.25, 0.3) is 0 Å². The molecule has 3 aliphatic heterocycles. The molecule has 4 rings (SSSR count). The van der Waals surface area contributed by atoms with Crippen LogP contribution in [0.3, 0.4) is 0 Å². The number of hydrogen-bond acceptors (Lipinski definition) is 5. The van der Waals surface area contributed by atoms with Gasteiger partial charge in [0, 0.05) is 44.8 Å². The standard InChI is InChI=1S/C26H41N3O2/c1-21(2)8-12-27-14-10-26(11-15-27)20-24(31-25(26)30)9-13-28-16-18-29(19-17-28)23-6-4-22(3)5-7-23/h4-7,21,24H,8-20H2,1-3H3. The van der Waals surface area contributed by atoms with Gasteiger partial charge in [0.25, 0.3) is 0 Å². The van der Waals surface area contributed by atoms with Gasteiger partial charge < -0.3 is 14.5 Å². The van der Waals surface area contributed by atoms with Gasteiger partial charge in [-0.1, -0.05) is 31.5 Å². The van der Waals surface area contributed by atoms with E-state index < -0.39 is 0 Å². The largest absolute Gasteiger partial charge is 0.462 e. The van der Waals surface area contributed by atoms with Crippen LogP contribution in [0.1, 0.15) is 51.5 Å². The van der Waals surface area contributed by atoms with Crippen molar-refractivity contribution in [2.24, 2.45) is 11.3 Å². The van der Waals surface area contributed by atoms with Crippen LogP contribution in [0.2, 0.25) is 0 Å². The van der Waals surface area contributed by atoms with Crippen LogP contribution in [0.5, 0.6) is 0 Å². The summed E-state index contributed by atoms with van der Waals surface area (Å²) in [5.74, 6) is 0.834. The highest BCUT2D eigenvalue weighted by Gasteiger charge is 2.50. The SMILES string of the molecule is Cc1ccc(N2CCN(CCC3CC4(CCN(CCC(C)C)CC4)C(=O)O3)CC2)cc1. The van der Waals surface area contributed by atoms with Crippen molar-refractivity contribution in [3.8, 4) is 0 Å². The molecule has 1 unspecified atom stereocenters. The highest BCUT2D eigenvalue weighted by Crippen LogP contribution is 2.44. The smallest absolute Gasteiger partial charge is 0.312 e. The van der Waals surface area contributed by atoms with E-state index in [2.05, 4.69) is 59.7 Å². The van der Waals surface area contributed by atoms with Gasteiger partial charge in [0.15, 0.2) is 0 Å². The summed E-state index contributed by atoms with van der Waals surface area (Å²) < 4.78 is 5.89. The number of carbonyl (C=O) groups excluding carboxylic acids is 1. The molecule has 1 aromatic carbocycles. The lowest BCUT2D eigenvalue weighted by Crippen LogP contribution is -2.47. The zero-order valence-electron chi connectivity index (χ0n) is 19.8. The molecule has 3 aliphatic rings. The van der Waals surface area contributed by atoms with Gasteiger partial charge in [-0.05, 0) is 70.3 Å². The fraction of sp³-hybridized carbons (Fsp3) is 0.731. The van der Waals surface area contributed by atoms with Crippen molar-refractivity contribution in [3.05, 3.63) is 29.8 Å². The summed E-state index contributed by atoms with van der Waals surface area (Å²) in [6.45, 7) is 15.3. The zero-order valence-corrected chi connectivity index (χ0v) is 19.8. The number of cyclic esters (lactones) is 1. The molecular formula is C26H41N3O2. The highest BCUT2D eigenvalue weighted by atomic mass is 16.6. The molecule has 0 radical (unpaired) electrons. The van der Waals surface area contributed by atoms with E-state index >= 15 is 0 Å². The van der Waals surface area contributed by atoms with Crippen molar-refractivity contribution in [3.63, 3.8) is 0 Å². The first-order valence-corrected chi connectivity index (χ1v) is 12.4. The van der Waals surface area contributed by atoms with Crippen LogP contribution in [0.4, 0.5) is 5.69 Å². The Labute approximate surface area is 188 Å². The highest BCUT2D eigenvalue weighted by molar-refractivity contribution is 5.79. The van der Waals surface area contributed by atoms with E-state index in [-0.39, 0.29) is 17.5 Å². The predicted octanol–water partition coefficient (Wildman–Crippen LogP) is 3.95. The minimum atomic E-state index is -0.191. The summed E-state index contributed by atoms with van der Waals surface area (Å²) in [4.78, 5) is 20.3. The number of hydrogen-bond donors (Lipinski definition) is 0. The van der Waals surface area contributed by atoms with E-state index in [1.54, 1.807) is 0 Å². The Morgan fingerprint density at radius 3 is 2.26 bits per heavy atom. The number of anilines is 1. The summed E-state index contributed by atoms with van der Waals surface area (Å²) in [5.41, 5.74) is 2.45.